The lowest BCUT2D eigenvalue weighted by Gasteiger charge is -2.05. The van der Waals surface area contributed by atoms with Crippen molar-refractivity contribution in [1.82, 2.24) is 0 Å². The quantitative estimate of drug-likeness (QED) is 0.516. The standard InChI is InChI=1S/C8H9ClN2O/c1-4(12)8-6(10)2-5(9)3-7(8)11/h2-3H,10-11H2,1H3. The van der Waals surface area contributed by atoms with E-state index in [9.17, 15) is 4.79 Å². The van der Waals surface area contributed by atoms with Gasteiger partial charge in [-0.15, -0.1) is 0 Å². The molecule has 3 nitrogen and oxygen atoms in total. The molecule has 0 fully saturated rings. The van der Waals surface area contributed by atoms with Crippen LogP contribution >= 0.6 is 11.6 Å². The maximum Gasteiger partial charge on any atom is 0.163 e. The normalized spacial score (nSPS) is 9.83. The van der Waals surface area contributed by atoms with Crippen molar-refractivity contribution in [2.24, 2.45) is 0 Å². The molecule has 0 heterocycles. The molecule has 0 bridgehead atoms. The van der Waals surface area contributed by atoms with E-state index in [2.05, 4.69) is 0 Å². The van der Waals surface area contributed by atoms with E-state index < -0.39 is 0 Å². The number of rotatable bonds is 1. The molecule has 64 valence electrons. The second-order valence-corrected chi connectivity index (χ2v) is 2.95. The number of nitrogens with two attached hydrogens (primary N) is 2. The molecule has 0 amide bonds. The van der Waals surface area contributed by atoms with Crippen LogP contribution < -0.4 is 11.5 Å². The van der Waals surface area contributed by atoms with E-state index in [0.717, 1.165) is 0 Å². The Labute approximate surface area is 75.3 Å². The van der Waals surface area contributed by atoms with Crippen molar-refractivity contribution >= 4 is 28.8 Å². The SMILES string of the molecule is CC(=O)c1c(N)cc(Cl)cc1N. The molecule has 0 aromatic heterocycles. The Morgan fingerprint density at radius 1 is 1.33 bits per heavy atom. The van der Waals surface area contributed by atoms with Crippen molar-refractivity contribution in [3.05, 3.63) is 22.7 Å². The van der Waals surface area contributed by atoms with Crippen molar-refractivity contribution in [3.63, 3.8) is 0 Å². The number of nitrogen functional groups attached to an aromatic ring is 2. The third-order valence-corrected chi connectivity index (χ3v) is 1.73. The second kappa shape index (κ2) is 3.03. The van der Waals surface area contributed by atoms with Crippen LogP contribution in [0.25, 0.3) is 0 Å². The van der Waals surface area contributed by atoms with Crippen LogP contribution in [0.15, 0.2) is 12.1 Å². The average molecular weight is 185 g/mol. The number of benzene rings is 1. The Kier molecular flexibility index (Phi) is 2.24. The number of ketones is 1. The number of Topliss-reactive ketones (excluding diaryl/α,β-unsaturated/α-hetero) is 1. The molecular weight excluding hydrogens is 176 g/mol. The van der Waals surface area contributed by atoms with Gasteiger partial charge in [-0.3, -0.25) is 4.79 Å². The van der Waals surface area contributed by atoms with Gasteiger partial charge in [-0.2, -0.15) is 0 Å². The van der Waals surface area contributed by atoms with E-state index in [1.807, 2.05) is 0 Å². The summed E-state index contributed by atoms with van der Waals surface area (Å²) in [6, 6.07) is 3.02. The predicted molar refractivity (Wildman–Crippen MR) is 50.3 cm³/mol. The molecule has 0 unspecified atom stereocenters. The first-order chi connectivity index (χ1) is 5.52. The average Bonchev–Trinajstić information content (AvgIpc) is 1.82. The molecule has 0 saturated carbocycles. The summed E-state index contributed by atoms with van der Waals surface area (Å²) in [5, 5.41) is 0.440. The van der Waals surface area contributed by atoms with Crippen LogP contribution in [-0.4, -0.2) is 5.78 Å². The first-order valence-electron chi connectivity index (χ1n) is 3.38. The van der Waals surface area contributed by atoms with Gasteiger partial charge in [-0.05, 0) is 19.1 Å². The molecule has 0 aliphatic carbocycles. The van der Waals surface area contributed by atoms with E-state index >= 15 is 0 Å². The summed E-state index contributed by atoms with van der Waals surface area (Å²) in [4.78, 5) is 11.0. The molecular formula is C8H9ClN2O. The molecule has 4 N–H and O–H groups in total. The molecule has 1 aromatic rings. The van der Waals surface area contributed by atoms with E-state index in [1.165, 1.54) is 19.1 Å². The van der Waals surface area contributed by atoms with Gasteiger partial charge in [-0.25, -0.2) is 0 Å². The summed E-state index contributed by atoms with van der Waals surface area (Å²) < 4.78 is 0. The summed E-state index contributed by atoms with van der Waals surface area (Å²) in [5.74, 6) is -0.151. The number of halogens is 1. The van der Waals surface area contributed by atoms with Crippen molar-refractivity contribution in [1.29, 1.82) is 0 Å². The van der Waals surface area contributed by atoms with Gasteiger partial charge < -0.3 is 11.5 Å². The summed E-state index contributed by atoms with van der Waals surface area (Å²) in [5.41, 5.74) is 12.1. The van der Waals surface area contributed by atoms with E-state index in [1.54, 1.807) is 0 Å². The summed E-state index contributed by atoms with van der Waals surface area (Å²) in [6.07, 6.45) is 0. The molecule has 1 rings (SSSR count). The minimum atomic E-state index is -0.151. The van der Waals surface area contributed by atoms with Crippen LogP contribution in [-0.2, 0) is 0 Å². The van der Waals surface area contributed by atoms with Crippen LogP contribution in [0.1, 0.15) is 17.3 Å². The van der Waals surface area contributed by atoms with Gasteiger partial charge in [0.25, 0.3) is 0 Å². The highest BCUT2D eigenvalue weighted by Gasteiger charge is 2.09. The van der Waals surface area contributed by atoms with Crippen molar-refractivity contribution in [2.75, 3.05) is 11.5 Å². The van der Waals surface area contributed by atoms with Gasteiger partial charge in [0.2, 0.25) is 0 Å². The molecule has 0 atom stereocenters. The predicted octanol–water partition coefficient (Wildman–Crippen LogP) is 1.71. The van der Waals surface area contributed by atoms with E-state index in [-0.39, 0.29) is 5.78 Å². The summed E-state index contributed by atoms with van der Waals surface area (Å²) in [7, 11) is 0. The third kappa shape index (κ3) is 1.51. The maximum absolute atomic E-state index is 11.0. The highest BCUT2D eigenvalue weighted by atomic mass is 35.5. The minimum Gasteiger partial charge on any atom is -0.398 e. The van der Waals surface area contributed by atoms with Crippen molar-refractivity contribution < 1.29 is 4.79 Å². The molecule has 12 heavy (non-hydrogen) atoms. The van der Waals surface area contributed by atoms with Crippen LogP contribution in [0.5, 0.6) is 0 Å². The molecule has 0 aliphatic heterocycles. The Morgan fingerprint density at radius 3 is 2.08 bits per heavy atom. The highest BCUT2D eigenvalue weighted by Crippen LogP contribution is 2.25. The van der Waals surface area contributed by atoms with Gasteiger partial charge in [0.15, 0.2) is 5.78 Å². The summed E-state index contributed by atoms with van der Waals surface area (Å²) >= 11 is 5.66. The van der Waals surface area contributed by atoms with Crippen LogP contribution in [0.2, 0.25) is 5.02 Å². The molecule has 1 aromatic carbocycles. The number of carbonyl (C=O) groups is 1. The van der Waals surface area contributed by atoms with E-state index in [4.69, 9.17) is 23.1 Å². The largest absolute Gasteiger partial charge is 0.398 e. The molecule has 0 aliphatic rings. The fourth-order valence-electron chi connectivity index (χ4n) is 1.06. The van der Waals surface area contributed by atoms with Crippen molar-refractivity contribution in [2.45, 2.75) is 6.92 Å². The first-order valence-corrected chi connectivity index (χ1v) is 3.75. The van der Waals surface area contributed by atoms with Gasteiger partial charge in [0.1, 0.15) is 0 Å². The maximum atomic E-state index is 11.0. The zero-order valence-electron chi connectivity index (χ0n) is 6.60. The number of carbonyl (C=O) groups excluding carboxylic acids is 1. The van der Waals surface area contributed by atoms with Gasteiger partial charge >= 0.3 is 0 Å². The van der Waals surface area contributed by atoms with Crippen LogP contribution in [0.3, 0.4) is 0 Å². The molecule has 0 radical (unpaired) electrons. The van der Waals surface area contributed by atoms with Gasteiger partial charge in [0.05, 0.1) is 5.56 Å². The summed E-state index contributed by atoms with van der Waals surface area (Å²) in [6.45, 7) is 1.41. The smallest absolute Gasteiger partial charge is 0.163 e. The molecule has 0 spiro atoms. The topological polar surface area (TPSA) is 69.1 Å². The van der Waals surface area contributed by atoms with Gasteiger partial charge in [0, 0.05) is 16.4 Å². The zero-order chi connectivity index (χ0) is 9.30. The Balaban J connectivity index is 3.38. The minimum absolute atomic E-state index is 0.151. The fraction of sp³-hybridized carbons (Fsp3) is 0.125. The van der Waals surface area contributed by atoms with Gasteiger partial charge in [-0.1, -0.05) is 11.6 Å². The monoisotopic (exact) mass is 184 g/mol. The van der Waals surface area contributed by atoms with Crippen molar-refractivity contribution in [3.8, 4) is 0 Å². The first kappa shape index (κ1) is 8.87. The lowest BCUT2D eigenvalue weighted by Crippen LogP contribution is -2.04. The second-order valence-electron chi connectivity index (χ2n) is 2.52. The lowest BCUT2D eigenvalue weighted by molar-refractivity contribution is 0.101. The lowest BCUT2D eigenvalue weighted by atomic mass is 10.1. The number of hydrogen-bond donors (Lipinski definition) is 2. The zero-order valence-corrected chi connectivity index (χ0v) is 7.35. The third-order valence-electron chi connectivity index (χ3n) is 1.52. The van der Waals surface area contributed by atoms with Crippen LogP contribution in [0, 0.1) is 0 Å². The molecule has 0 saturated heterocycles. The Bertz CT molecular complexity index is 313. The Hall–Kier alpha value is -1.22. The highest BCUT2D eigenvalue weighted by molar-refractivity contribution is 6.31. The van der Waals surface area contributed by atoms with Crippen LogP contribution in [0.4, 0.5) is 11.4 Å². The number of hydrogen-bond acceptors (Lipinski definition) is 3. The van der Waals surface area contributed by atoms with E-state index in [0.29, 0.717) is 22.0 Å². The Morgan fingerprint density at radius 2 is 1.75 bits per heavy atom. The fourth-order valence-corrected chi connectivity index (χ4v) is 1.29. The molecule has 4 heteroatoms. The number of anilines is 2.